The zero-order chi connectivity index (χ0) is 16.1. The number of hydrogen-bond acceptors (Lipinski definition) is 5. The number of aliphatic imine (C=N–C) groups is 1. The van der Waals surface area contributed by atoms with Crippen LogP contribution in [0, 0.1) is 5.92 Å². The highest BCUT2D eigenvalue weighted by Crippen LogP contribution is 2.13. The molecule has 122 valence electrons. The Hall–Kier alpha value is -1.80. The van der Waals surface area contributed by atoms with Crippen LogP contribution in [0.4, 0.5) is 4.79 Å². The zero-order valence-corrected chi connectivity index (χ0v) is 13.1. The first kappa shape index (κ1) is 16.6. The lowest BCUT2D eigenvalue weighted by Crippen LogP contribution is -3.14. The Morgan fingerprint density at radius 1 is 1.18 bits per heavy atom. The van der Waals surface area contributed by atoms with E-state index in [2.05, 4.69) is 4.99 Å². The second-order valence-corrected chi connectivity index (χ2v) is 5.58. The van der Waals surface area contributed by atoms with Gasteiger partial charge in [-0.15, -0.1) is 0 Å². The molecule has 2 saturated heterocycles. The number of carbonyl (C=O) groups is 3. The highest BCUT2D eigenvalue weighted by molar-refractivity contribution is 6.23. The number of morpholine rings is 1. The van der Waals surface area contributed by atoms with Gasteiger partial charge in [-0.1, -0.05) is 0 Å². The van der Waals surface area contributed by atoms with Crippen molar-refractivity contribution >= 4 is 24.1 Å². The molecule has 0 atom stereocenters. The van der Waals surface area contributed by atoms with Crippen molar-refractivity contribution in [1.82, 2.24) is 9.80 Å². The highest BCUT2D eigenvalue weighted by Gasteiger charge is 2.41. The topological polar surface area (TPSA) is 83.7 Å². The summed E-state index contributed by atoms with van der Waals surface area (Å²) in [5.74, 6) is -2.02. The van der Waals surface area contributed by atoms with Crippen LogP contribution in [0.3, 0.4) is 0 Å². The van der Waals surface area contributed by atoms with Crippen LogP contribution < -0.4 is 4.90 Å². The van der Waals surface area contributed by atoms with Crippen molar-refractivity contribution in [2.24, 2.45) is 10.9 Å². The summed E-state index contributed by atoms with van der Waals surface area (Å²) in [7, 11) is 2.74. The van der Waals surface area contributed by atoms with Gasteiger partial charge in [-0.25, -0.2) is 4.79 Å². The van der Waals surface area contributed by atoms with Crippen molar-refractivity contribution in [2.45, 2.75) is 6.42 Å². The van der Waals surface area contributed by atoms with Gasteiger partial charge < -0.3 is 9.64 Å². The standard InChI is InChI=1S/C14H22N4O4/c1-16-12(19)11(13(20)17(2)14(16)21)10-15-4-3-5-18-6-8-22-9-7-18/h10-11H,3-9H2,1-2H3/p+1. The zero-order valence-electron chi connectivity index (χ0n) is 13.1. The summed E-state index contributed by atoms with van der Waals surface area (Å²) in [6, 6.07) is -0.601. The Balaban J connectivity index is 1.80. The fourth-order valence-corrected chi connectivity index (χ4v) is 2.57. The summed E-state index contributed by atoms with van der Waals surface area (Å²) < 4.78 is 5.30. The Morgan fingerprint density at radius 2 is 1.77 bits per heavy atom. The monoisotopic (exact) mass is 311 g/mol. The first-order valence-corrected chi connectivity index (χ1v) is 7.52. The van der Waals surface area contributed by atoms with Gasteiger partial charge in [0.2, 0.25) is 11.8 Å². The van der Waals surface area contributed by atoms with E-state index in [1.807, 2.05) is 0 Å². The van der Waals surface area contributed by atoms with Gasteiger partial charge >= 0.3 is 6.03 Å². The second-order valence-electron chi connectivity index (χ2n) is 5.58. The van der Waals surface area contributed by atoms with Crippen molar-refractivity contribution in [3.63, 3.8) is 0 Å². The molecule has 0 aromatic carbocycles. The van der Waals surface area contributed by atoms with Gasteiger partial charge in [-0.3, -0.25) is 24.4 Å². The van der Waals surface area contributed by atoms with E-state index in [4.69, 9.17) is 4.74 Å². The summed E-state index contributed by atoms with van der Waals surface area (Å²) in [5, 5.41) is 0. The quantitative estimate of drug-likeness (QED) is 0.363. The molecule has 2 heterocycles. The molecule has 0 aromatic rings. The molecular weight excluding hydrogens is 288 g/mol. The van der Waals surface area contributed by atoms with Gasteiger partial charge in [-0.2, -0.15) is 0 Å². The maximum absolute atomic E-state index is 12.0. The van der Waals surface area contributed by atoms with Crippen LogP contribution in [0.25, 0.3) is 0 Å². The molecule has 8 heteroatoms. The van der Waals surface area contributed by atoms with Gasteiger partial charge in [0.05, 0.1) is 19.8 Å². The van der Waals surface area contributed by atoms with Gasteiger partial charge in [0.25, 0.3) is 0 Å². The minimum absolute atomic E-state index is 0.518. The molecule has 2 rings (SSSR count). The number of barbiturate groups is 1. The van der Waals surface area contributed by atoms with E-state index in [1.54, 1.807) is 0 Å². The number of imide groups is 2. The number of hydrogen-bond donors (Lipinski definition) is 1. The molecule has 22 heavy (non-hydrogen) atoms. The molecule has 0 unspecified atom stereocenters. The number of urea groups is 1. The Bertz CT molecular complexity index is 449. The van der Waals surface area contributed by atoms with Gasteiger partial charge in [0.1, 0.15) is 13.1 Å². The van der Waals surface area contributed by atoms with Crippen LogP contribution >= 0.6 is 0 Å². The molecular formula is C14H23N4O4+. The molecule has 8 nitrogen and oxygen atoms in total. The molecule has 0 saturated carbocycles. The van der Waals surface area contributed by atoms with Crippen LogP contribution in [0.5, 0.6) is 0 Å². The number of quaternary nitrogens is 1. The molecule has 2 aliphatic rings. The number of amides is 4. The first-order valence-electron chi connectivity index (χ1n) is 7.52. The highest BCUT2D eigenvalue weighted by atomic mass is 16.5. The van der Waals surface area contributed by atoms with Crippen LogP contribution in [-0.2, 0) is 14.3 Å². The fraction of sp³-hybridized carbons (Fsp3) is 0.714. The van der Waals surface area contributed by atoms with E-state index in [9.17, 15) is 14.4 Å². The molecule has 0 spiro atoms. The Morgan fingerprint density at radius 3 is 2.36 bits per heavy atom. The van der Waals surface area contributed by atoms with Gasteiger partial charge in [-0.05, 0) is 0 Å². The maximum Gasteiger partial charge on any atom is 0.332 e. The lowest BCUT2D eigenvalue weighted by Gasteiger charge is -2.31. The van der Waals surface area contributed by atoms with E-state index in [-0.39, 0.29) is 0 Å². The smallest absolute Gasteiger partial charge is 0.332 e. The largest absolute Gasteiger partial charge is 0.370 e. The average molecular weight is 311 g/mol. The van der Waals surface area contributed by atoms with Gasteiger partial charge in [0.15, 0.2) is 5.92 Å². The lowest BCUT2D eigenvalue weighted by molar-refractivity contribution is -0.908. The number of ether oxygens (including phenoxy) is 1. The number of nitrogens with one attached hydrogen (secondary N) is 1. The van der Waals surface area contributed by atoms with E-state index in [0.29, 0.717) is 6.54 Å². The lowest BCUT2D eigenvalue weighted by atomic mass is 10.1. The number of nitrogens with zero attached hydrogens (tertiary/aromatic N) is 3. The summed E-state index contributed by atoms with van der Waals surface area (Å²) in [6.07, 6.45) is 2.27. The van der Waals surface area contributed by atoms with E-state index in [1.165, 1.54) is 25.2 Å². The van der Waals surface area contributed by atoms with Crippen LogP contribution in [0.15, 0.2) is 4.99 Å². The summed E-state index contributed by atoms with van der Waals surface area (Å²) in [6.45, 7) is 5.21. The second kappa shape index (κ2) is 7.46. The van der Waals surface area contributed by atoms with E-state index >= 15 is 0 Å². The average Bonchev–Trinajstić information content (AvgIpc) is 2.54. The Kier molecular flexibility index (Phi) is 5.62. The van der Waals surface area contributed by atoms with Crippen LogP contribution in [-0.4, -0.2) is 87.3 Å². The SMILES string of the molecule is CN1C(=O)C(C=NCCC[NH+]2CCOCC2)C(=O)N(C)C1=O. The molecule has 0 aliphatic carbocycles. The minimum Gasteiger partial charge on any atom is -0.370 e. The van der Waals surface area contributed by atoms with Crippen molar-refractivity contribution in [3.8, 4) is 0 Å². The van der Waals surface area contributed by atoms with Crippen molar-refractivity contribution in [2.75, 3.05) is 53.5 Å². The molecule has 1 N–H and O–H groups in total. The predicted octanol–water partition coefficient (Wildman–Crippen LogP) is -1.97. The van der Waals surface area contributed by atoms with Crippen molar-refractivity contribution < 1.29 is 24.0 Å². The summed E-state index contributed by atoms with van der Waals surface area (Å²) >= 11 is 0. The molecule has 2 aliphatic heterocycles. The van der Waals surface area contributed by atoms with Crippen molar-refractivity contribution in [3.05, 3.63) is 0 Å². The van der Waals surface area contributed by atoms with Crippen LogP contribution in [0.2, 0.25) is 0 Å². The third-order valence-electron chi connectivity index (χ3n) is 4.04. The Labute approximate surface area is 129 Å². The molecule has 4 amide bonds. The normalized spacial score (nSPS) is 22.2. The number of rotatable bonds is 5. The minimum atomic E-state index is -0.983. The van der Waals surface area contributed by atoms with E-state index < -0.39 is 23.8 Å². The van der Waals surface area contributed by atoms with Crippen molar-refractivity contribution in [1.29, 1.82) is 0 Å². The predicted molar refractivity (Wildman–Crippen MR) is 78.8 cm³/mol. The first-order chi connectivity index (χ1) is 10.5. The van der Waals surface area contributed by atoms with E-state index in [0.717, 1.165) is 49.1 Å². The molecule has 2 fully saturated rings. The molecule has 0 radical (unpaired) electrons. The fourth-order valence-electron chi connectivity index (χ4n) is 2.57. The molecule has 0 bridgehead atoms. The summed E-state index contributed by atoms with van der Waals surface area (Å²) in [4.78, 5) is 43.1. The molecule has 0 aromatic heterocycles. The van der Waals surface area contributed by atoms with Crippen LogP contribution in [0.1, 0.15) is 6.42 Å². The van der Waals surface area contributed by atoms with Gasteiger partial charge in [0, 0.05) is 33.3 Å². The number of carbonyl (C=O) groups excluding carboxylic acids is 3. The summed E-state index contributed by atoms with van der Waals surface area (Å²) in [5.41, 5.74) is 0. The third kappa shape index (κ3) is 3.69. The third-order valence-corrected chi connectivity index (χ3v) is 4.04. The maximum atomic E-state index is 12.0.